The number of imide groups is 1. The van der Waals surface area contributed by atoms with Crippen LogP contribution in [0.4, 0.5) is 4.79 Å². The summed E-state index contributed by atoms with van der Waals surface area (Å²) in [4.78, 5) is 29.9. The van der Waals surface area contributed by atoms with E-state index in [-0.39, 0.29) is 11.9 Å². The first kappa shape index (κ1) is 13.0. The van der Waals surface area contributed by atoms with Gasteiger partial charge in [0.2, 0.25) is 0 Å². The Hall–Kier alpha value is -1.43. The summed E-state index contributed by atoms with van der Waals surface area (Å²) in [6.07, 6.45) is 1.23. The Morgan fingerprint density at radius 3 is 2.56 bits per heavy atom. The van der Waals surface area contributed by atoms with Crippen LogP contribution in [0.1, 0.15) is 37.4 Å². The van der Waals surface area contributed by atoms with E-state index in [0.717, 1.165) is 10.7 Å². The maximum atomic E-state index is 12.0. The lowest BCUT2D eigenvalue weighted by molar-refractivity contribution is -0.127. The first-order valence-corrected chi connectivity index (χ1v) is 6.95. The molecule has 2 rings (SSSR count). The van der Waals surface area contributed by atoms with Gasteiger partial charge in [-0.15, -0.1) is 11.3 Å². The minimum absolute atomic E-state index is 0.189. The van der Waals surface area contributed by atoms with E-state index in [2.05, 4.69) is 10.3 Å². The Morgan fingerprint density at radius 2 is 2.06 bits per heavy atom. The van der Waals surface area contributed by atoms with Gasteiger partial charge in [0.05, 0.1) is 6.54 Å². The second-order valence-electron chi connectivity index (χ2n) is 4.47. The van der Waals surface area contributed by atoms with Crippen LogP contribution >= 0.6 is 11.3 Å². The molecule has 0 atom stereocenters. The van der Waals surface area contributed by atoms with Crippen LogP contribution < -0.4 is 5.32 Å². The quantitative estimate of drug-likeness (QED) is 0.849. The summed E-state index contributed by atoms with van der Waals surface area (Å²) >= 11 is 1.52. The van der Waals surface area contributed by atoms with Crippen molar-refractivity contribution in [2.24, 2.45) is 0 Å². The zero-order valence-electron chi connectivity index (χ0n) is 10.8. The summed E-state index contributed by atoms with van der Waals surface area (Å²) in [5.74, 6) is -0.189. The number of aryl methyl sites for hydroxylation is 1. The number of rotatable bonds is 4. The monoisotopic (exact) mass is 267 g/mol. The maximum Gasteiger partial charge on any atom is 0.325 e. The molecule has 0 aromatic carbocycles. The topological polar surface area (TPSA) is 62.3 Å². The summed E-state index contributed by atoms with van der Waals surface area (Å²) in [5, 5.41) is 5.23. The predicted molar refractivity (Wildman–Crippen MR) is 69.2 cm³/mol. The first-order chi connectivity index (χ1) is 8.53. The highest BCUT2D eigenvalue weighted by Crippen LogP contribution is 2.31. The predicted octanol–water partition coefficient (Wildman–Crippen LogP) is 2.06. The first-order valence-electron chi connectivity index (χ1n) is 6.07. The molecule has 0 spiro atoms. The van der Waals surface area contributed by atoms with Gasteiger partial charge < -0.3 is 4.90 Å². The number of urea groups is 1. The van der Waals surface area contributed by atoms with Crippen LogP contribution in [0.15, 0.2) is 5.38 Å². The minimum Gasteiger partial charge on any atom is -0.303 e. The van der Waals surface area contributed by atoms with Gasteiger partial charge in [0.15, 0.2) is 0 Å². The van der Waals surface area contributed by atoms with Gasteiger partial charge in [-0.25, -0.2) is 9.78 Å². The van der Waals surface area contributed by atoms with Crippen LogP contribution in [0.2, 0.25) is 0 Å². The van der Waals surface area contributed by atoms with Crippen LogP contribution in [0.5, 0.6) is 0 Å². The van der Waals surface area contributed by atoms with Gasteiger partial charge in [0, 0.05) is 11.1 Å². The number of carbonyl (C=O) groups excluding carboxylic acids is 2. The van der Waals surface area contributed by atoms with Crippen LogP contribution in [-0.4, -0.2) is 27.4 Å². The molecule has 1 saturated heterocycles. The average molecular weight is 267 g/mol. The van der Waals surface area contributed by atoms with Crippen LogP contribution in [0, 0.1) is 6.92 Å². The molecular weight excluding hydrogens is 250 g/mol. The van der Waals surface area contributed by atoms with Crippen molar-refractivity contribution < 1.29 is 9.59 Å². The average Bonchev–Trinajstić information content (AvgIpc) is 2.84. The van der Waals surface area contributed by atoms with Crippen molar-refractivity contribution in [3.63, 3.8) is 0 Å². The highest BCUT2D eigenvalue weighted by molar-refractivity contribution is 7.09. The smallest absolute Gasteiger partial charge is 0.303 e. The Morgan fingerprint density at radius 1 is 1.39 bits per heavy atom. The number of nitrogens with zero attached hydrogens (tertiary/aromatic N) is 2. The van der Waals surface area contributed by atoms with Gasteiger partial charge in [0.1, 0.15) is 10.5 Å². The number of aromatic nitrogens is 1. The number of nitrogens with one attached hydrogen (secondary N) is 1. The van der Waals surface area contributed by atoms with E-state index in [4.69, 9.17) is 0 Å². The fraction of sp³-hybridized carbons (Fsp3) is 0.583. The van der Waals surface area contributed by atoms with Crippen LogP contribution in [-0.2, 0) is 11.3 Å². The zero-order chi connectivity index (χ0) is 13.3. The van der Waals surface area contributed by atoms with Crippen molar-refractivity contribution in [3.8, 4) is 0 Å². The summed E-state index contributed by atoms with van der Waals surface area (Å²) in [5.41, 5.74) is 0.232. The summed E-state index contributed by atoms with van der Waals surface area (Å²) in [6.45, 7) is 6.18. The molecule has 0 bridgehead atoms. The van der Waals surface area contributed by atoms with Gasteiger partial charge >= 0.3 is 6.03 Å². The van der Waals surface area contributed by atoms with E-state index in [9.17, 15) is 9.59 Å². The lowest BCUT2D eigenvalue weighted by Gasteiger charge is -2.32. The molecule has 0 aliphatic carbocycles. The highest BCUT2D eigenvalue weighted by atomic mass is 32.1. The fourth-order valence-corrected chi connectivity index (χ4v) is 3.14. The molecule has 1 aromatic heterocycles. The fourth-order valence-electron chi connectivity index (χ4n) is 2.38. The Labute approximate surface area is 110 Å². The molecule has 1 aliphatic rings. The van der Waals surface area contributed by atoms with E-state index >= 15 is 0 Å². The van der Waals surface area contributed by atoms with Gasteiger partial charge in [0.25, 0.3) is 5.91 Å². The van der Waals surface area contributed by atoms with E-state index in [1.807, 2.05) is 26.2 Å². The number of hydrogen-bond donors (Lipinski definition) is 1. The molecule has 0 radical (unpaired) electrons. The molecule has 1 fully saturated rings. The molecule has 18 heavy (non-hydrogen) atoms. The highest BCUT2D eigenvalue weighted by Gasteiger charge is 2.50. The maximum absolute atomic E-state index is 12.0. The van der Waals surface area contributed by atoms with E-state index in [1.54, 1.807) is 4.90 Å². The molecule has 1 N–H and O–H groups in total. The molecule has 5 nitrogen and oxygen atoms in total. The molecule has 1 aromatic rings. The summed E-state index contributed by atoms with van der Waals surface area (Å²) in [6, 6.07) is -0.309. The van der Waals surface area contributed by atoms with Gasteiger partial charge in [-0.2, -0.15) is 0 Å². The van der Waals surface area contributed by atoms with Crippen molar-refractivity contribution in [1.82, 2.24) is 15.2 Å². The zero-order valence-corrected chi connectivity index (χ0v) is 11.6. The largest absolute Gasteiger partial charge is 0.325 e. The number of amides is 3. The summed E-state index contributed by atoms with van der Waals surface area (Å²) in [7, 11) is 0. The minimum atomic E-state index is -0.712. The molecule has 0 saturated carbocycles. The van der Waals surface area contributed by atoms with Crippen molar-refractivity contribution in [1.29, 1.82) is 0 Å². The molecule has 3 amide bonds. The van der Waals surface area contributed by atoms with E-state index in [0.29, 0.717) is 19.4 Å². The van der Waals surface area contributed by atoms with Gasteiger partial charge in [-0.05, 0) is 19.8 Å². The van der Waals surface area contributed by atoms with Crippen molar-refractivity contribution in [2.45, 2.75) is 45.7 Å². The van der Waals surface area contributed by atoms with E-state index in [1.165, 1.54) is 11.3 Å². The van der Waals surface area contributed by atoms with Crippen molar-refractivity contribution in [3.05, 3.63) is 16.1 Å². The number of carbonyl (C=O) groups is 2. The Balaban J connectivity index is 2.29. The Kier molecular flexibility index (Phi) is 3.38. The standard InChI is InChI=1S/C12H17N3O2S/c1-4-12(5-2)10(16)14-11(17)15(12)6-9-13-8(3)7-18-9/h7H,4-6H2,1-3H3,(H,14,16,17). The lowest BCUT2D eigenvalue weighted by Crippen LogP contribution is -2.48. The third-order valence-electron chi connectivity index (χ3n) is 3.53. The number of thiazole rings is 1. The third-order valence-corrected chi connectivity index (χ3v) is 4.49. The molecule has 98 valence electrons. The molecule has 6 heteroatoms. The molecule has 1 aliphatic heterocycles. The lowest BCUT2D eigenvalue weighted by atomic mass is 9.91. The summed E-state index contributed by atoms with van der Waals surface area (Å²) < 4.78 is 0. The molecule has 0 unspecified atom stereocenters. The van der Waals surface area contributed by atoms with Crippen molar-refractivity contribution in [2.75, 3.05) is 0 Å². The van der Waals surface area contributed by atoms with Gasteiger partial charge in [-0.3, -0.25) is 10.1 Å². The second-order valence-corrected chi connectivity index (χ2v) is 5.41. The number of hydrogen-bond acceptors (Lipinski definition) is 4. The normalized spacial score (nSPS) is 18.3. The van der Waals surface area contributed by atoms with Crippen LogP contribution in [0.3, 0.4) is 0 Å². The van der Waals surface area contributed by atoms with Crippen molar-refractivity contribution >= 4 is 23.3 Å². The third kappa shape index (κ3) is 1.90. The SMILES string of the molecule is CCC1(CC)C(=O)NC(=O)N1Cc1nc(C)cs1. The van der Waals surface area contributed by atoms with Gasteiger partial charge in [-0.1, -0.05) is 13.8 Å². The van der Waals surface area contributed by atoms with E-state index < -0.39 is 5.54 Å². The second kappa shape index (κ2) is 4.68. The Bertz CT molecular complexity index is 479. The molecule has 2 heterocycles. The molecular formula is C12H17N3O2S. The van der Waals surface area contributed by atoms with Crippen LogP contribution in [0.25, 0.3) is 0 Å².